The number of hydrogen-bond donors (Lipinski definition) is 2. The lowest BCUT2D eigenvalue weighted by Crippen LogP contribution is -2.19. The Balaban J connectivity index is 2.54. The zero-order valence-corrected chi connectivity index (χ0v) is 20.1. The molecule has 0 spiro atoms. The van der Waals surface area contributed by atoms with Gasteiger partial charge in [-0.2, -0.15) is 0 Å². The van der Waals surface area contributed by atoms with Crippen LogP contribution >= 0.6 is 0 Å². The SMILES string of the molecule is C=C(C)CC[C@@H](C)Nc1cnc2c(c1)c(NC(=O)CC(C)C)c(C(=O)OC)n2CCOC. The van der Waals surface area contributed by atoms with E-state index < -0.39 is 5.97 Å². The van der Waals surface area contributed by atoms with Gasteiger partial charge in [-0.3, -0.25) is 4.79 Å². The minimum atomic E-state index is -0.539. The highest BCUT2D eigenvalue weighted by atomic mass is 16.5. The molecule has 0 bridgehead atoms. The number of esters is 1. The minimum Gasteiger partial charge on any atom is -0.464 e. The summed E-state index contributed by atoms with van der Waals surface area (Å²) in [5.41, 5.74) is 3.21. The quantitative estimate of drug-likeness (QED) is 0.367. The van der Waals surface area contributed by atoms with Crippen LogP contribution in [0.15, 0.2) is 24.4 Å². The number of pyridine rings is 1. The molecule has 1 amide bonds. The van der Waals surface area contributed by atoms with Crippen molar-refractivity contribution in [1.82, 2.24) is 9.55 Å². The zero-order valence-electron chi connectivity index (χ0n) is 20.1. The van der Waals surface area contributed by atoms with Crippen LogP contribution < -0.4 is 10.6 Å². The maximum Gasteiger partial charge on any atom is 0.356 e. The molecule has 2 heterocycles. The molecule has 2 aromatic heterocycles. The molecule has 0 saturated carbocycles. The van der Waals surface area contributed by atoms with Gasteiger partial charge in [-0.15, -0.1) is 6.58 Å². The minimum absolute atomic E-state index is 0.163. The van der Waals surface area contributed by atoms with Crippen LogP contribution in [0.3, 0.4) is 0 Å². The van der Waals surface area contributed by atoms with Crippen molar-refractivity contribution in [3.05, 3.63) is 30.1 Å². The molecule has 0 saturated heterocycles. The van der Waals surface area contributed by atoms with Gasteiger partial charge in [0.1, 0.15) is 5.65 Å². The Bertz CT molecular complexity index is 965. The molecule has 8 nitrogen and oxygen atoms in total. The van der Waals surface area contributed by atoms with Crippen molar-refractivity contribution in [3.8, 4) is 0 Å². The van der Waals surface area contributed by atoms with Gasteiger partial charge in [0.05, 0.1) is 31.3 Å². The lowest BCUT2D eigenvalue weighted by atomic mass is 10.1. The number of rotatable bonds is 12. The number of amides is 1. The second kappa shape index (κ2) is 11.7. The van der Waals surface area contributed by atoms with Crippen molar-refractivity contribution in [1.29, 1.82) is 0 Å². The average Bonchev–Trinajstić information content (AvgIpc) is 3.02. The monoisotopic (exact) mass is 444 g/mol. The molecule has 0 aromatic carbocycles. The molecule has 0 unspecified atom stereocenters. The summed E-state index contributed by atoms with van der Waals surface area (Å²) in [7, 11) is 2.92. The molecule has 1 atom stereocenters. The molecule has 0 aliphatic carbocycles. The van der Waals surface area contributed by atoms with Gasteiger partial charge in [0.2, 0.25) is 5.91 Å². The first kappa shape index (κ1) is 25.4. The summed E-state index contributed by atoms with van der Waals surface area (Å²) in [4.78, 5) is 30.0. The van der Waals surface area contributed by atoms with Gasteiger partial charge in [-0.1, -0.05) is 19.4 Å². The van der Waals surface area contributed by atoms with E-state index in [9.17, 15) is 9.59 Å². The highest BCUT2D eigenvalue weighted by Gasteiger charge is 2.26. The summed E-state index contributed by atoms with van der Waals surface area (Å²) in [5, 5.41) is 7.06. The molecule has 2 aromatic rings. The van der Waals surface area contributed by atoms with Gasteiger partial charge < -0.3 is 24.7 Å². The fraction of sp³-hybridized carbons (Fsp3) is 0.542. The Labute approximate surface area is 190 Å². The standard InChI is InChI=1S/C24H36N4O4/c1-15(2)8-9-17(5)26-18-13-19-21(27-20(29)12-16(3)4)22(24(30)32-7)28(10-11-31-6)23(19)25-14-18/h13-14,16-17,26H,1,8-12H2,2-7H3,(H,27,29)/t17-/m1/s1. The van der Waals surface area contributed by atoms with Crippen LogP contribution in [0.5, 0.6) is 0 Å². The van der Waals surface area contributed by atoms with Crippen molar-refractivity contribution < 1.29 is 19.1 Å². The average molecular weight is 445 g/mol. The fourth-order valence-corrected chi connectivity index (χ4v) is 3.52. The van der Waals surface area contributed by atoms with E-state index in [0.717, 1.165) is 24.1 Å². The number of methoxy groups -OCH3 is 2. The second-order valence-electron chi connectivity index (χ2n) is 8.64. The van der Waals surface area contributed by atoms with Crippen LogP contribution in [0.2, 0.25) is 0 Å². The molecule has 0 aliphatic rings. The second-order valence-corrected chi connectivity index (χ2v) is 8.64. The van der Waals surface area contributed by atoms with Gasteiger partial charge in [-0.25, -0.2) is 9.78 Å². The van der Waals surface area contributed by atoms with Crippen molar-refractivity contribution >= 4 is 34.3 Å². The largest absolute Gasteiger partial charge is 0.464 e. The molecule has 0 fully saturated rings. The Hall–Kier alpha value is -2.87. The van der Waals surface area contributed by atoms with Crippen LogP contribution in [-0.2, 0) is 20.8 Å². The topological polar surface area (TPSA) is 94.5 Å². The Morgan fingerprint density at radius 1 is 1.25 bits per heavy atom. The van der Waals surface area contributed by atoms with Crippen molar-refractivity contribution in [2.75, 3.05) is 31.5 Å². The van der Waals surface area contributed by atoms with Gasteiger partial charge >= 0.3 is 5.97 Å². The highest BCUT2D eigenvalue weighted by Crippen LogP contribution is 2.33. The Morgan fingerprint density at radius 3 is 2.56 bits per heavy atom. The van der Waals surface area contributed by atoms with E-state index in [0.29, 0.717) is 36.3 Å². The number of nitrogens with one attached hydrogen (secondary N) is 2. The number of fused-ring (bicyclic) bond motifs is 1. The number of carbonyl (C=O) groups is 2. The van der Waals surface area contributed by atoms with Gasteiger partial charge in [-0.05, 0) is 38.7 Å². The molecule has 32 heavy (non-hydrogen) atoms. The van der Waals surface area contributed by atoms with Gasteiger partial charge in [0.15, 0.2) is 5.69 Å². The Kier molecular flexibility index (Phi) is 9.26. The van der Waals surface area contributed by atoms with E-state index in [2.05, 4.69) is 29.1 Å². The summed E-state index contributed by atoms with van der Waals surface area (Å²) in [6.45, 7) is 12.8. The van der Waals surface area contributed by atoms with E-state index in [4.69, 9.17) is 9.47 Å². The maximum absolute atomic E-state index is 12.7. The van der Waals surface area contributed by atoms with E-state index in [1.807, 2.05) is 26.8 Å². The molecule has 2 N–H and O–H groups in total. The first-order valence-electron chi connectivity index (χ1n) is 11.0. The van der Waals surface area contributed by atoms with Crippen LogP contribution in [0.25, 0.3) is 11.0 Å². The Morgan fingerprint density at radius 2 is 1.97 bits per heavy atom. The summed E-state index contributed by atoms with van der Waals surface area (Å²) in [6, 6.07) is 2.13. The van der Waals surface area contributed by atoms with Crippen molar-refractivity contribution in [3.63, 3.8) is 0 Å². The number of anilines is 2. The lowest BCUT2D eigenvalue weighted by molar-refractivity contribution is -0.116. The molecular weight excluding hydrogens is 408 g/mol. The van der Waals surface area contributed by atoms with Crippen LogP contribution in [-0.4, -0.2) is 48.3 Å². The van der Waals surface area contributed by atoms with Crippen LogP contribution in [0.4, 0.5) is 11.4 Å². The third kappa shape index (κ3) is 6.56. The van der Waals surface area contributed by atoms with E-state index >= 15 is 0 Å². The van der Waals surface area contributed by atoms with Crippen LogP contribution in [0, 0.1) is 5.92 Å². The third-order valence-corrected chi connectivity index (χ3v) is 5.07. The molecule has 8 heteroatoms. The molecule has 2 rings (SSSR count). The van der Waals surface area contributed by atoms with Gasteiger partial charge in [0, 0.05) is 31.5 Å². The summed E-state index contributed by atoms with van der Waals surface area (Å²) < 4.78 is 12.0. The number of nitrogens with zero attached hydrogens (tertiary/aromatic N) is 2. The summed E-state index contributed by atoms with van der Waals surface area (Å²) in [5.74, 6) is -0.518. The van der Waals surface area contributed by atoms with Crippen molar-refractivity contribution in [2.24, 2.45) is 5.92 Å². The normalized spacial score (nSPS) is 12.1. The summed E-state index contributed by atoms with van der Waals surface area (Å²) >= 11 is 0. The van der Waals surface area contributed by atoms with Gasteiger partial charge in [0.25, 0.3) is 0 Å². The third-order valence-electron chi connectivity index (χ3n) is 5.07. The van der Waals surface area contributed by atoms with Crippen molar-refractivity contribution in [2.45, 2.75) is 59.5 Å². The zero-order chi connectivity index (χ0) is 23.8. The number of hydrogen-bond acceptors (Lipinski definition) is 6. The smallest absolute Gasteiger partial charge is 0.356 e. The van der Waals surface area contributed by atoms with Crippen LogP contribution in [0.1, 0.15) is 57.4 Å². The number of ether oxygens (including phenoxy) is 2. The number of aromatic nitrogens is 2. The predicted octanol–water partition coefficient (Wildman–Crippen LogP) is 4.61. The number of allylic oxidation sites excluding steroid dienone is 1. The molecule has 176 valence electrons. The predicted molar refractivity (Wildman–Crippen MR) is 128 cm³/mol. The maximum atomic E-state index is 12.7. The highest BCUT2D eigenvalue weighted by molar-refractivity contribution is 6.11. The molecule has 0 radical (unpaired) electrons. The van der Waals surface area contributed by atoms with E-state index in [1.165, 1.54) is 7.11 Å². The molecular formula is C24H36N4O4. The first-order chi connectivity index (χ1) is 15.2. The van der Waals surface area contributed by atoms with E-state index in [1.54, 1.807) is 17.9 Å². The first-order valence-corrected chi connectivity index (χ1v) is 11.0. The fourth-order valence-electron chi connectivity index (χ4n) is 3.52. The molecule has 0 aliphatic heterocycles. The number of carbonyl (C=O) groups excluding carboxylic acids is 2. The summed E-state index contributed by atoms with van der Waals surface area (Å²) in [6.07, 6.45) is 3.95. The van der Waals surface area contributed by atoms with E-state index in [-0.39, 0.29) is 23.6 Å². The lowest BCUT2D eigenvalue weighted by Gasteiger charge is -2.15.